The third-order valence-corrected chi connectivity index (χ3v) is 6.63. The summed E-state index contributed by atoms with van der Waals surface area (Å²) in [5.41, 5.74) is 2.44. The van der Waals surface area contributed by atoms with E-state index in [-0.39, 0.29) is 12.3 Å². The van der Waals surface area contributed by atoms with Gasteiger partial charge in [0.15, 0.2) is 17.9 Å². The lowest BCUT2D eigenvalue weighted by Crippen LogP contribution is -2.44. The number of ether oxygens (including phenoxy) is 2. The number of halogens is 1. The lowest BCUT2D eigenvalue weighted by Gasteiger charge is -2.34. The second-order valence-corrected chi connectivity index (χ2v) is 8.84. The largest absolute Gasteiger partial charge is 0.377 e. The number of aryl methyl sites for hydroxylation is 1. The van der Waals surface area contributed by atoms with Crippen LogP contribution in [0.15, 0.2) is 30.6 Å². The highest BCUT2D eigenvalue weighted by Crippen LogP contribution is 2.34. The van der Waals surface area contributed by atoms with Gasteiger partial charge < -0.3 is 14.4 Å². The average Bonchev–Trinajstić information content (AvgIpc) is 3.58. The molecule has 178 valence electrons. The highest BCUT2D eigenvalue weighted by Gasteiger charge is 2.28. The molecule has 2 saturated heterocycles. The van der Waals surface area contributed by atoms with Crippen molar-refractivity contribution < 1.29 is 13.9 Å². The van der Waals surface area contributed by atoms with Gasteiger partial charge in [0.1, 0.15) is 11.2 Å². The van der Waals surface area contributed by atoms with Gasteiger partial charge >= 0.3 is 0 Å². The van der Waals surface area contributed by atoms with Crippen molar-refractivity contribution in [1.29, 1.82) is 0 Å². The van der Waals surface area contributed by atoms with Crippen LogP contribution in [0.1, 0.15) is 32.4 Å². The molecule has 11 heteroatoms. The summed E-state index contributed by atoms with van der Waals surface area (Å²) in [6.45, 7) is 4.70. The quantitative estimate of drug-likeness (QED) is 0.457. The molecule has 0 amide bonds. The summed E-state index contributed by atoms with van der Waals surface area (Å²) in [5, 5.41) is 13.7. The highest BCUT2D eigenvalue weighted by molar-refractivity contribution is 5.82. The Hall–Kier alpha value is -3.31. The van der Waals surface area contributed by atoms with Crippen molar-refractivity contribution in [3.8, 4) is 22.8 Å². The number of imidazole rings is 1. The van der Waals surface area contributed by atoms with E-state index in [1.54, 1.807) is 26.3 Å². The molecular weight excluding hydrogens is 439 g/mol. The number of hydrogen-bond acceptors (Lipinski definition) is 7. The number of aromatic nitrogens is 7. The fourth-order valence-corrected chi connectivity index (χ4v) is 4.88. The summed E-state index contributed by atoms with van der Waals surface area (Å²) in [5.74, 6) is 0.543. The number of hydrogen-bond donors (Lipinski definition) is 0. The van der Waals surface area contributed by atoms with Gasteiger partial charge in [-0.25, -0.2) is 9.20 Å². The molecule has 4 aromatic heterocycles. The molecule has 0 saturated carbocycles. The molecule has 2 fully saturated rings. The van der Waals surface area contributed by atoms with Crippen LogP contribution in [-0.2, 0) is 16.5 Å². The normalized spacial score (nSPS) is 21.4. The van der Waals surface area contributed by atoms with Crippen molar-refractivity contribution >= 4 is 11.3 Å². The molecule has 34 heavy (non-hydrogen) atoms. The zero-order valence-electron chi connectivity index (χ0n) is 19.3. The van der Waals surface area contributed by atoms with E-state index >= 15 is 4.39 Å². The maximum Gasteiger partial charge on any atom is 0.241 e. The average molecular weight is 467 g/mol. The number of anilines is 1. The van der Waals surface area contributed by atoms with Crippen LogP contribution in [0.2, 0.25) is 0 Å². The van der Waals surface area contributed by atoms with Gasteiger partial charge in [-0.1, -0.05) is 0 Å². The summed E-state index contributed by atoms with van der Waals surface area (Å²) in [7, 11) is 1.84. The molecule has 2 atom stereocenters. The molecule has 10 nitrogen and oxygen atoms in total. The fraction of sp³-hybridized carbons (Fsp3) is 0.478. The van der Waals surface area contributed by atoms with Gasteiger partial charge in [0, 0.05) is 38.2 Å². The SMILES string of the molecule is CC1COCCN1c1cc(-c2ccnn2C)c2c(F)nc(-c3ccnn3C3CCCCO3)n2n1. The number of rotatable bonds is 4. The number of morpholine rings is 1. The molecule has 6 rings (SSSR count). The molecule has 0 aromatic carbocycles. The molecular formula is C23H27FN8O2. The monoisotopic (exact) mass is 466 g/mol. The molecule has 0 N–H and O–H groups in total. The van der Waals surface area contributed by atoms with Gasteiger partial charge in [-0.2, -0.15) is 19.6 Å². The zero-order valence-corrected chi connectivity index (χ0v) is 19.3. The van der Waals surface area contributed by atoms with E-state index in [4.69, 9.17) is 14.6 Å². The highest BCUT2D eigenvalue weighted by atomic mass is 19.1. The Morgan fingerprint density at radius 1 is 1.09 bits per heavy atom. The number of nitrogens with zero attached hydrogens (tertiary/aromatic N) is 8. The van der Waals surface area contributed by atoms with Crippen molar-refractivity contribution in [1.82, 2.24) is 34.2 Å². The molecule has 6 heterocycles. The first-order chi connectivity index (χ1) is 16.6. The van der Waals surface area contributed by atoms with Crippen molar-refractivity contribution in [2.75, 3.05) is 31.3 Å². The molecule has 2 aliphatic heterocycles. The Morgan fingerprint density at radius 2 is 1.94 bits per heavy atom. The predicted molar refractivity (Wildman–Crippen MR) is 123 cm³/mol. The fourth-order valence-electron chi connectivity index (χ4n) is 4.88. The third-order valence-electron chi connectivity index (χ3n) is 6.63. The maximum absolute atomic E-state index is 15.5. The minimum Gasteiger partial charge on any atom is -0.377 e. The molecule has 0 bridgehead atoms. The standard InChI is InChI=1S/C23H27FN8O2/c1-15-14-33-12-10-30(15)19-13-16(17-6-8-25-29(17)2)21-22(24)27-23(32(21)28-19)18-7-9-26-31(18)20-5-3-4-11-34-20/h6-9,13,15,20H,3-5,10-12,14H2,1-2H3. The first kappa shape index (κ1) is 21.2. The molecule has 0 aliphatic carbocycles. The molecule has 2 aliphatic rings. The Balaban J connectivity index is 1.57. The summed E-state index contributed by atoms with van der Waals surface area (Å²) >= 11 is 0. The Kier molecular flexibility index (Phi) is 5.30. The van der Waals surface area contributed by atoms with Crippen molar-refractivity contribution in [3.63, 3.8) is 0 Å². The van der Waals surface area contributed by atoms with Gasteiger partial charge in [-0.3, -0.25) is 4.68 Å². The minimum atomic E-state index is -0.586. The number of fused-ring (bicyclic) bond motifs is 1. The summed E-state index contributed by atoms with van der Waals surface area (Å²) in [6, 6.07) is 5.76. The summed E-state index contributed by atoms with van der Waals surface area (Å²) < 4.78 is 32.2. The maximum atomic E-state index is 15.5. The van der Waals surface area contributed by atoms with E-state index < -0.39 is 5.95 Å². The van der Waals surface area contributed by atoms with Crippen LogP contribution in [0, 0.1) is 5.95 Å². The topological polar surface area (TPSA) is 87.5 Å². The molecule has 2 unspecified atom stereocenters. The van der Waals surface area contributed by atoms with Gasteiger partial charge in [0.05, 0.1) is 24.9 Å². The summed E-state index contributed by atoms with van der Waals surface area (Å²) in [4.78, 5) is 6.52. The van der Waals surface area contributed by atoms with E-state index in [0.717, 1.165) is 30.8 Å². The minimum absolute atomic E-state index is 0.135. The van der Waals surface area contributed by atoms with Crippen LogP contribution in [-0.4, -0.2) is 66.6 Å². The molecule has 0 radical (unpaired) electrons. The first-order valence-electron chi connectivity index (χ1n) is 11.7. The summed E-state index contributed by atoms with van der Waals surface area (Å²) in [6.07, 6.45) is 6.14. The Labute approximate surface area is 195 Å². The molecule has 4 aromatic rings. The Bertz CT molecular complexity index is 1320. The van der Waals surface area contributed by atoms with Gasteiger partial charge in [0.2, 0.25) is 5.95 Å². The van der Waals surface area contributed by atoms with E-state index in [0.29, 0.717) is 49.0 Å². The third kappa shape index (κ3) is 3.46. The lowest BCUT2D eigenvalue weighted by atomic mass is 10.1. The smallest absolute Gasteiger partial charge is 0.241 e. The first-order valence-corrected chi connectivity index (χ1v) is 11.7. The lowest BCUT2D eigenvalue weighted by molar-refractivity contribution is -0.0384. The van der Waals surface area contributed by atoms with E-state index in [1.807, 2.05) is 25.2 Å². The Morgan fingerprint density at radius 3 is 2.71 bits per heavy atom. The van der Waals surface area contributed by atoms with Gasteiger partial charge in [0.25, 0.3) is 0 Å². The van der Waals surface area contributed by atoms with E-state index in [9.17, 15) is 0 Å². The van der Waals surface area contributed by atoms with Crippen molar-refractivity contribution in [3.05, 3.63) is 36.5 Å². The van der Waals surface area contributed by atoms with Crippen LogP contribution in [0.25, 0.3) is 28.3 Å². The second-order valence-electron chi connectivity index (χ2n) is 8.84. The van der Waals surface area contributed by atoms with Crippen LogP contribution < -0.4 is 4.90 Å². The van der Waals surface area contributed by atoms with Gasteiger partial charge in [-0.15, -0.1) is 5.10 Å². The van der Waals surface area contributed by atoms with Crippen molar-refractivity contribution in [2.45, 2.75) is 38.5 Å². The zero-order chi connectivity index (χ0) is 23.2. The second kappa shape index (κ2) is 8.48. The predicted octanol–water partition coefficient (Wildman–Crippen LogP) is 3.06. The van der Waals surface area contributed by atoms with Crippen LogP contribution >= 0.6 is 0 Å². The van der Waals surface area contributed by atoms with E-state index in [2.05, 4.69) is 27.0 Å². The van der Waals surface area contributed by atoms with Crippen LogP contribution in [0.4, 0.5) is 10.2 Å². The van der Waals surface area contributed by atoms with Gasteiger partial charge in [-0.05, 0) is 44.4 Å². The van der Waals surface area contributed by atoms with Crippen molar-refractivity contribution in [2.24, 2.45) is 7.05 Å². The van der Waals surface area contributed by atoms with E-state index in [1.165, 1.54) is 0 Å². The van der Waals surface area contributed by atoms with Crippen LogP contribution in [0.5, 0.6) is 0 Å². The van der Waals surface area contributed by atoms with Crippen LogP contribution in [0.3, 0.4) is 0 Å². The molecule has 0 spiro atoms.